The molecule has 0 radical (unpaired) electrons. The summed E-state index contributed by atoms with van der Waals surface area (Å²) in [6.45, 7) is 3.75. The zero-order chi connectivity index (χ0) is 23.7. The summed E-state index contributed by atoms with van der Waals surface area (Å²) in [7, 11) is 0. The third kappa shape index (κ3) is 7.93. The molecular weight excluding hydrogens is 428 g/mol. The Labute approximate surface area is 183 Å². The highest BCUT2D eigenvalue weighted by Gasteiger charge is 2.12. The van der Waals surface area contributed by atoms with Crippen LogP contribution >= 0.6 is 0 Å². The summed E-state index contributed by atoms with van der Waals surface area (Å²) in [5, 5.41) is 11.0. The molecule has 4 N–H and O–H groups in total. The number of benzene rings is 2. The minimum absolute atomic E-state index is 0.0403. The highest BCUT2D eigenvalue weighted by molar-refractivity contribution is 5.79. The first-order valence-electron chi connectivity index (χ1n) is 10.1. The van der Waals surface area contributed by atoms with Crippen molar-refractivity contribution in [2.75, 3.05) is 26.2 Å². The van der Waals surface area contributed by atoms with Crippen molar-refractivity contribution >= 4 is 11.8 Å². The third-order valence-electron chi connectivity index (χ3n) is 4.79. The van der Waals surface area contributed by atoms with Gasteiger partial charge in [-0.05, 0) is 49.2 Å². The third-order valence-corrected chi connectivity index (χ3v) is 4.79. The summed E-state index contributed by atoms with van der Waals surface area (Å²) in [4.78, 5) is 23.8. The molecule has 0 aliphatic heterocycles. The average Bonchev–Trinajstić information content (AvgIpc) is 2.77. The van der Waals surface area contributed by atoms with Gasteiger partial charge in [0, 0.05) is 25.2 Å². The molecule has 2 aromatic carbocycles. The predicted octanol–water partition coefficient (Wildman–Crippen LogP) is 2.48. The number of amides is 2. The molecule has 2 amide bonds. The van der Waals surface area contributed by atoms with Crippen LogP contribution in [-0.4, -0.2) is 38.0 Å². The Bertz CT molecular complexity index is 867. The molecule has 0 aliphatic rings. The first kappa shape index (κ1) is 25.3. The standard InChI is InChI=1S/C22H26F4N4O2/c1-13(15-3-5-17(23)19(25)9-15)29-11-21(31)27-7-8-28-22(32)12-30-14(2)16-4-6-18(24)20(26)10-16/h3-6,9-10,13-14,29-30H,7-8,11-12H2,1-2H3,(H,27,31)(H,28,32)/t13-,14-/m1/s1. The molecule has 0 aliphatic carbocycles. The van der Waals surface area contributed by atoms with Crippen LogP contribution in [0.4, 0.5) is 17.6 Å². The Morgan fingerprint density at radius 3 is 1.41 bits per heavy atom. The van der Waals surface area contributed by atoms with Gasteiger partial charge in [0.05, 0.1) is 13.1 Å². The van der Waals surface area contributed by atoms with Crippen LogP contribution in [0, 0.1) is 23.3 Å². The van der Waals surface area contributed by atoms with Gasteiger partial charge >= 0.3 is 0 Å². The van der Waals surface area contributed by atoms with Gasteiger partial charge in [0.25, 0.3) is 0 Å². The lowest BCUT2D eigenvalue weighted by Crippen LogP contribution is -2.41. The van der Waals surface area contributed by atoms with E-state index in [0.717, 1.165) is 24.3 Å². The number of hydrogen-bond donors (Lipinski definition) is 4. The van der Waals surface area contributed by atoms with E-state index in [-0.39, 0.29) is 50.1 Å². The molecule has 0 heterocycles. The first-order valence-corrected chi connectivity index (χ1v) is 10.1. The number of hydrogen-bond acceptors (Lipinski definition) is 4. The Morgan fingerprint density at radius 2 is 1.06 bits per heavy atom. The van der Waals surface area contributed by atoms with E-state index in [4.69, 9.17) is 0 Å². The van der Waals surface area contributed by atoms with Crippen molar-refractivity contribution in [2.24, 2.45) is 0 Å². The van der Waals surface area contributed by atoms with Crippen molar-refractivity contribution < 1.29 is 27.2 Å². The molecule has 6 nitrogen and oxygen atoms in total. The van der Waals surface area contributed by atoms with E-state index in [1.54, 1.807) is 13.8 Å². The van der Waals surface area contributed by atoms with Crippen molar-refractivity contribution in [3.05, 3.63) is 70.8 Å². The molecule has 0 spiro atoms. The van der Waals surface area contributed by atoms with Crippen LogP contribution < -0.4 is 21.3 Å². The molecule has 0 bridgehead atoms. The molecule has 0 saturated heterocycles. The van der Waals surface area contributed by atoms with Gasteiger partial charge in [0.1, 0.15) is 0 Å². The zero-order valence-electron chi connectivity index (χ0n) is 17.8. The Balaban J connectivity index is 1.60. The van der Waals surface area contributed by atoms with Gasteiger partial charge in [-0.25, -0.2) is 17.6 Å². The molecule has 32 heavy (non-hydrogen) atoms. The van der Waals surface area contributed by atoms with Gasteiger partial charge in [-0.1, -0.05) is 12.1 Å². The molecule has 2 aromatic rings. The van der Waals surface area contributed by atoms with Gasteiger partial charge in [0.2, 0.25) is 11.8 Å². The average molecular weight is 454 g/mol. The van der Waals surface area contributed by atoms with E-state index in [1.165, 1.54) is 12.1 Å². The SMILES string of the molecule is C[C@@H](NCC(=O)NCCNC(=O)CN[C@H](C)c1ccc(F)c(F)c1)c1ccc(F)c(F)c1. The van der Waals surface area contributed by atoms with E-state index in [0.29, 0.717) is 11.1 Å². The van der Waals surface area contributed by atoms with E-state index in [2.05, 4.69) is 21.3 Å². The summed E-state index contributed by atoms with van der Waals surface area (Å²) in [6.07, 6.45) is 0. The fourth-order valence-corrected chi connectivity index (χ4v) is 2.82. The summed E-state index contributed by atoms with van der Waals surface area (Å²) in [5.74, 6) is -4.42. The molecule has 0 saturated carbocycles. The number of halogens is 4. The smallest absolute Gasteiger partial charge is 0.234 e. The second-order valence-electron chi connectivity index (χ2n) is 7.25. The van der Waals surface area contributed by atoms with E-state index >= 15 is 0 Å². The maximum Gasteiger partial charge on any atom is 0.234 e. The summed E-state index contributed by atoms with van der Waals surface area (Å²) in [6, 6.07) is 6.34. The molecular formula is C22H26F4N4O2. The molecule has 0 fully saturated rings. The Kier molecular flexibility index (Phi) is 9.61. The van der Waals surface area contributed by atoms with Crippen LogP contribution in [0.25, 0.3) is 0 Å². The maximum absolute atomic E-state index is 13.3. The van der Waals surface area contributed by atoms with Crippen LogP contribution in [0.3, 0.4) is 0 Å². The Hall–Kier alpha value is -2.98. The summed E-state index contributed by atoms with van der Waals surface area (Å²) >= 11 is 0. The van der Waals surface area contributed by atoms with Crippen LogP contribution in [0.1, 0.15) is 37.1 Å². The van der Waals surface area contributed by atoms with Gasteiger partial charge in [0.15, 0.2) is 23.3 Å². The van der Waals surface area contributed by atoms with E-state index < -0.39 is 23.3 Å². The van der Waals surface area contributed by atoms with Gasteiger partial charge in [-0.15, -0.1) is 0 Å². The van der Waals surface area contributed by atoms with E-state index in [1.807, 2.05) is 0 Å². The van der Waals surface area contributed by atoms with Gasteiger partial charge < -0.3 is 21.3 Å². The Morgan fingerprint density at radius 1 is 0.688 bits per heavy atom. The highest BCUT2D eigenvalue weighted by atomic mass is 19.2. The second-order valence-corrected chi connectivity index (χ2v) is 7.25. The molecule has 174 valence electrons. The van der Waals surface area contributed by atoms with E-state index in [9.17, 15) is 27.2 Å². The van der Waals surface area contributed by atoms with Crippen LogP contribution in [-0.2, 0) is 9.59 Å². The topological polar surface area (TPSA) is 82.3 Å². The van der Waals surface area contributed by atoms with Crippen molar-refractivity contribution in [3.8, 4) is 0 Å². The number of rotatable bonds is 11. The minimum Gasteiger partial charge on any atom is -0.353 e. The quantitative estimate of drug-likeness (QED) is 0.311. The van der Waals surface area contributed by atoms with Crippen molar-refractivity contribution in [1.29, 1.82) is 0 Å². The second kappa shape index (κ2) is 12.2. The largest absolute Gasteiger partial charge is 0.353 e. The molecule has 2 rings (SSSR count). The van der Waals surface area contributed by atoms with Gasteiger partial charge in [-0.3, -0.25) is 9.59 Å². The van der Waals surface area contributed by atoms with Crippen molar-refractivity contribution in [2.45, 2.75) is 25.9 Å². The summed E-state index contributed by atoms with van der Waals surface area (Å²) in [5.41, 5.74) is 1.02. The first-order chi connectivity index (χ1) is 15.2. The summed E-state index contributed by atoms with van der Waals surface area (Å²) < 4.78 is 52.5. The monoisotopic (exact) mass is 454 g/mol. The van der Waals surface area contributed by atoms with Gasteiger partial charge in [-0.2, -0.15) is 0 Å². The normalized spacial score (nSPS) is 12.8. The predicted molar refractivity (Wildman–Crippen MR) is 112 cm³/mol. The minimum atomic E-state index is -0.954. The lowest BCUT2D eigenvalue weighted by Gasteiger charge is -2.15. The lowest BCUT2D eigenvalue weighted by molar-refractivity contribution is -0.122. The van der Waals surface area contributed by atoms with Crippen molar-refractivity contribution in [3.63, 3.8) is 0 Å². The van der Waals surface area contributed by atoms with Crippen LogP contribution in [0.5, 0.6) is 0 Å². The fraction of sp³-hybridized carbons (Fsp3) is 0.364. The fourth-order valence-electron chi connectivity index (χ4n) is 2.82. The highest BCUT2D eigenvalue weighted by Crippen LogP contribution is 2.16. The van der Waals surface area contributed by atoms with Crippen LogP contribution in [0.15, 0.2) is 36.4 Å². The lowest BCUT2D eigenvalue weighted by atomic mass is 10.1. The zero-order valence-corrected chi connectivity index (χ0v) is 17.8. The molecule has 0 aromatic heterocycles. The molecule has 2 atom stereocenters. The number of carbonyl (C=O) groups excluding carboxylic acids is 2. The molecule has 10 heteroatoms. The molecule has 0 unspecified atom stereocenters. The number of nitrogens with one attached hydrogen (secondary N) is 4. The number of carbonyl (C=O) groups is 2. The van der Waals surface area contributed by atoms with Crippen LogP contribution in [0.2, 0.25) is 0 Å². The van der Waals surface area contributed by atoms with Crippen molar-refractivity contribution in [1.82, 2.24) is 21.3 Å². The maximum atomic E-state index is 13.3.